The molecule has 1 nitrogen and oxygen atoms in total. The SMILES string of the molecule is Cc1ccc(NCCCCc2ccccc2)cc1Br. The van der Waals surface area contributed by atoms with Crippen LogP contribution in [0.4, 0.5) is 5.69 Å². The maximum absolute atomic E-state index is 3.56. The largest absolute Gasteiger partial charge is 0.385 e. The van der Waals surface area contributed by atoms with Crippen LogP contribution in [-0.2, 0) is 6.42 Å². The summed E-state index contributed by atoms with van der Waals surface area (Å²) in [6, 6.07) is 17.1. The summed E-state index contributed by atoms with van der Waals surface area (Å²) in [4.78, 5) is 0. The van der Waals surface area contributed by atoms with E-state index in [4.69, 9.17) is 0 Å². The normalized spacial score (nSPS) is 10.4. The average molecular weight is 318 g/mol. The van der Waals surface area contributed by atoms with E-state index in [2.05, 4.69) is 76.7 Å². The Morgan fingerprint density at radius 3 is 2.53 bits per heavy atom. The third-order valence-electron chi connectivity index (χ3n) is 3.24. The van der Waals surface area contributed by atoms with Gasteiger partial charge in [0.05, 0.1) is 0 Å². The number of nitrogens with one attached hydrogen (secondary N) is 1. The van der Waals surface area contributed by atoms with Gasteiger partial charge in [-0.3, -0.25) is 0 Å². The van der Waals surface area contributed by atoms with Crippen molar-refractivity contribution in [2.45, 2.75) is 26.2 Å². The molecule has 0 aliphatic rings. The standard InChI is InChI=1S/C17H20BrN/c1-14-10-11-16(13-17(14)18)19-12-6-5-9-15-7-3-2-4-8-15/h2-4,7-8,10-11,13,19H,5-6,9,12H2,1H3. The van der Waals surface area contributed by atoms with Crippen LogP contribution < -0.4 is 5.32 Å². The molecule has 2 aromatic carbocycles. The fraction of sp³-hybridized carbons (Fsp3) is 0.294. The van der Waals surface area contributed by atoms with Crippen LogP contribution in [0.1, 0.15) is 24.0 Å². The summed E-state index contributed by atoms with van der Waals surface area (Å²) in [5.41, 5.74) is 3.90. The van der Waals surface area contributed by atoms with Crippen LogP contribution >= 0.6 is 15.9 Å². The molecule has 19 heavy (non-hydrogen) atoms. The van der Waals surface area contributed by atoms with E-state index < -0.39 is 0 Å². The zero-order chi connectivity index (χ0) is 13.5. The van der Waals surface area contributed by atoms with E-state index in [0.29, 0.717) is 0 Å². The summed E-state index contributed by atoms with van der Waals surface area (Å²) >= 11 is 3.56. The molecule has 0 aliphatic carbocycles. The maximum atomic E-state index is 3.56. The van der Waals surface area contributed by atoms with Gasteiger partial charge in [-0.25, -0.2) is 0 Å². The summed E-state index contributed by atoms with van der Waals surface area (Å²) in [5, 5.41) is 3.47. The van der Waals surface area contributed by atoms with Crippen molar-refractivity contribution in [3.8, 4) is 0 Å². The molecular formula is C17H20BrN. The number of rotatable bonds is 6. The highest BCUT2D eigenvalue weighted by Gasteiger charge is 1.97. The van der Waals surface area contributed by atoms with Crippen molar-refractivity contribution in [2.24, 2.45) is 0 Å². The van der Waals surface area contributed by atoms with Gasteiger partial charge in [0.2, 0.25) is 0 Å². The Hall–Kier alpha value is -1.28. The number of halogens is 1. The molecule has 2 heteroatoms. The minimum Gasteiger partial charge on any atom is -0.385 e. The number of unbranched alkanes of at least 4 members (excludes halogenated alkanes) is 1. The Morgan fingerprint density at radius 1 is 1.00 bits per heavy atom. The van der Waals surface area contributed by atoms with Gasteiger partial charge in [0.1, 0.15) is 0 Å². The van der Waals surface area contributed by atoms with Gasteiger partial charge >= 0.3 is 0 Å². The summed E-state index contributed by atoms with van der Waals surface area (Å²) < 4.78 is 1.17. The maximum Gasteiger partial charge on any atom is 0.0351 e. The fourth-order valence-corrected chi connectivity index (χ4v) is 2.41. The first-order valence-corrected chi connectivity index (χ1v) is 7.59. The van der Waals surface area contributed by atoms with Crippen LogP contribution in [0.25, 0.3) is 0 Å². The third-order valence-corrected chi connectivity index (χ3v) is 4.09. The van der Waals surface area contributed by atoms with E-state index in [1.54, 1.807) is 0 Å². The first-order chi connectivity index (χ1) is 9.25. The molecule has 0 amide bonds. The molecule has 0 saturated carbocycles. The van der Waals surface area contributed by atoms with Crippen molar-refractivity contribution in [1.29, 1.82) is 0 Å². The van der Waals surface area contributed by atoms with E-state index in [1.807, 2.05) is 0 Å². The Bertz CT molecular complexity index is 508. The number of hydrogen-bond donors (Lipinski definition) is 1. The molecule has 0 aromatic heterocycles. The second kappa shape index (κ2) is 7.34. The van der Waals surface area contributed by atoms with Crippen molar-refractivity contribution < 1.29 is 0 Å². The summed E-state index contributed by atoms with van der Waals surface area (Å²) in [6.45, 7) is 3.13. The van der Waals surface area contributed by atoms with Crippen molar-refractivity contribution in [3.05, 3.63) is 64.1 Å². The summed E-state index contributed by atoms with van der Waals surface area (Å²) in [5.74, 6) is 0. The molecule has 0 saturated heterocycles. The van der Waals surface area contributed by atoms with E-state index >= 15 is 0 Å². The Balaban J connectivity index is 1.68. The number of aryl methyl sites for hydroxylation is 2. The van der Waals surface area contributed by atoms with Gasteiger partial charge < -0.3 is 5.32 Å². The van der Waals surface area contributed by atoms with Gasteiger partial charge in [0, 0.05) is 16.7 Å². The van der Waals surface area contributed by atoms with Crippen LogP contribution in [0, 0.1) is 6.92 Å². The van der Waals surface area contributed by atoms with Crippen molar-refractivity contribution in [3.63, 3.8) is 0 Å². The molecule has 0 fully saturated rings. The summed E-state index contributed by atoms with van der Waals surface area (Å²) in [6.07, 6.45) is 3.59. The number of anilines is 1. The zero-order valence-electron chi connectivity index (χ0n) is 11.3. The number of hydrogen-bond acceptors (Lipinski definition) is 1. The smallest absolute Gasteiger partial charge is 0.0351 e. The van der Waals surface area contributed by atoms with Crippen molar-refractivity contribution >= 4 is 21.6 Å². The molecular weight excluding hydrogens is 298 g/mol. The molecule has 2 rings (SSSR count). The monoisotopic (exact) mass is 317 g/mol. The zero-order valence-corrected chi connectivity index (χ0v) is 12.9. The van der Waals surface area contributed by atoms with Gasteiger partial charge in [-0.2, -0.15) is 0 Å². The lowest BCUT2D eigenvalue weighted by molar-refractivity contribution is 0.763. The molecule has 1 N–H and O–H groups in total. The van der Waals surface area contributed by atoms with Crippen molar-refractivity contribution in [2.75, 3.05) is 11.9 Å². The molecule has 100 valence electrons. The Morgan fingerprint density at radius 2 is 1.79 bits per heavy atom. The molecule has 2 aromatic rings. The van der Waals surface area contributed by atoms with Gasteiger partial charge in [0.25, 0.3) is 0 Å². The molecule has 0 atom stereocenters. The quantitative estimate of drug-likeness (QED) is 0.723. The second-order valence-electron chi connectivity index (χ2n) is 4.83. The summed E-state index contributed by atoms with van der Waals surface area (Å²) in [7, 11) is 0. The Kier molecular flexibility index (Phi) is 5.46. The van der Waals surface area contributed by atoms with E-state index in [-0.39, 0.29) is 0 Å². The predicted molar refractivity (Wildman–Crippen MR) is 86.7 cm³/mol. The third kappa shape index (κ3) is 4.71. The minimum atomic E-state index is 1.03. The van der Waals surface area contributed by atoms with E-state index in [1.165, 1.54) is 40.5 Å². The topological polar surface area (TPSA) is 12.0 Å². The van der Waals surface area contributed by atoms with Crippen molar-refractivity contribution in [1.82, 2.24) is 0 Å². The highest BCUT2D eigenvalue weighted by Crippen LogP contribution is 2.20. The van der Waals surface area contributed by atoms with Crippen LogP contribution in [0.3, 0.4) is 0 Å². The molecule has 0 radical (unpaired) electrons. The van der Waals surface area contributed by atoms with Gasteiger partial charge in [0.15, 0.2) is 0 Å². The fourth-order valence-electron chi connectivity index (χ4n) is 2.03. The highest BCUT2D eigenvalue weighted by molar-refractivity contribution is 9.10. The van der Waals surface area contributed by atoms with Crippen LogP contribution in [0.5, 0.6) is 0 Å². The molecule has 0 unspecified atom stereocenters. The highest BCUT2D eigenvalue weighted by atomic mass is 79.9. The first-order valence-electron chi connectivity index (χ1n) is 6.79. The molecule has 0 bridgehead atoms. The molecule has 0 heterocycles. The first kappa shape index (κ1) is 14.1. The lowest BCUT2D eigenvalue weighted by atomic mass is 10.1. The molecule has 0 aliphatic heterocycles. The van der Waals surface area contributed by atoms with Gasteiger partial charge in [-0.15, -0.1) is 0 Å². The van der Waals surface area contributed by atoms with Crippen LogP contribution in [0.15, 0.2) is 53.0 Å². The molecule has 0 spiro atoms. The van der Waals surface area contributed by atoms with Gasteiger partial charge in [-0.05, 0) is 49.4 Å². The predicted octanol–water partition coefficient (Wildman–Crippen LogP) is 5.19. The van der Waals surface area contributed by atoms with E-state index in [9.17, 15) is 0 Å². The lowest BCUT2D eigenvalue weighted by Gasteiger charge is -2.08. The van der Waals surface area contributed by atoms with Gasteiger partial charge in [-0.1, -0.05) is 52.3 Å². The Labute approximate surface area is 124 Å². The van der Waals surface area contributed by atoms with Crippen LogP contribution in [0.2, 0.25) is 0 Å². The lowest BCUT2D eigenvalue weighted by Crippen LogP contribution is -2.02. The number of benzene rings is 2. The minimum absolute atomic E-state index is 1.03. The van der Waals surface area contributed by atoms with Crippen LogP contribution in [-0.4, -0.2) is 6.54 Å². The average Bonchev–Trinajstić information content (AvgIpc) is 2.43. The van der Waals surface area contributed by atoms with E-state index in [0.717, 1.165) is 6.54 Å². The second-order valence-corrected chi connectivity index (χ2v) is 5.69.